The lowest BCUT2D eigenvalue weighted by Gasteiger charge is -2.16. The molecule has 0 saturated carbocycles. The van der Waals surface area contributed by atoms with E-state index in [4.69, 9.17) is 21.3 Å². The minimum Gasteiger partial charge on any atom is -0.492 e. The van der Waals surface area contributed by atoms with Gasteiger partial charge in [-0.25, -0.2) is 4.98 Å². The molecule has 1 aromatic heterocycles. The number of para-hydroxylation sites is 3. The number of hydrogen-bond acceptors (Lipinski definition) is 3. The van der Waals surface area contributed by atoms with Crippen molar-refractivity contribution in [2.75, 3.05) is 19.7 Å². The van der Waals surface area contributed by atoms with Gasteiger partial charge in [-0.1, -0.05) is 41.9 Å². The van der Waals surface area contributed by atoms with Crippen LogP contribution < -0.4 is 4.74 Å². The van der Waals surface area contributed by atoms with E-state index >= 15 is 0 Å². The summed E-state index contributed by atoms with van der Waals surface area (Å²) in [5, 5.41) is 0.619. The third kappa shape index (κ3) is 4.15. The van der Waals surface area contributed by atoms with E-state index in [1.165, 1.54) is 0 Å². The first-order chi connectivity index (χ1) is 14.2. The zero-order valence-corrected chi connectivity index (χ0v) is 17.0. The van der Waals surface area contributed by atoms with Gasteiger partial charge in [-0.2, -0.15) is 0 Å². The molecule has 6 heteroatoms. The van der Waals surface area contributed by atoms with E-state index in [1.807, 2.05) is 47.4 Å². The molecular weight excluding hydrogens is 386 g/mol. The normalized spacial score (nSPS) is 16.5. The monoisotopic (exact) mass is 409 g/mol. The lowest BCUT2D eigenvalue weighted by atomic mass is 10.1. The maximum absolute atomic E-state index is 12.3. The van der Waals surface area contributed by atoms with Crippen molar-refractivity contribution in [3.63, 3.8) is 0 Å². The maximum atomic E-state index is 12.3. The summed E-state index contributed by atoms with van der Waals surface area (Å²) in [6.07, 6.45) is 3.08. The summed E-state index contributed by atoms with van der Waals surface area (Å²) in [6.45, 7) is 6.35. The second-order valence-electron chi connectivity index (χ2n) is 7.23. The predicted molar refractivity (Wildman–Crippen MR) is 115 cm³/mol. The Labute approximate surface area is 175 Å². The summed E-state index contributed by atoms with van der Waals surface area (Å²) >= 11 is 6.16. The molecule has 29 heavy (non-hydrogen) atoms. The second-order valence-corrected chi connectivity index (χ2v) is 7.64. The molecule has 5 nitrogen and oxygen atoms in total. The summed E-state index contributed by atoms with van der Waals surface area (Å²) in [5.74, 6) is 1.94. The minimum atomic E-state index is 0.0966. The molecule has 1 atom stereocenters. The van der Waals surface area contributed by atoms with E-state index in [1.54, 1.807) is 6.08 Å². The van der Waals surface area contributed by atoms with Gasteiger partial charge in [0.15, 0.2) is 0 Å². The van der Waals surface area contributed by atoms with Crippen molar-refractivity contribution in [1.29, 1.82) is 0 Å². The number of imidazole rings is 1. The number of amides is 1. The van der Waals surface area contributed by atoms with E-state index in [-0.39, 0.29) is 11.8 Å². The predicted octanol–water partition coefficient (Wildman–Crippen LogP) is 4.66. The van der Waals surface area contributed by atoms with Crippen molar-refractivity contribution >= 4 is 28.5 Å². The molecule has 1 amide bonds. The Hall–Kier alpha value is -2.79. The highest BCUT2D eigenvalue weighted by Gasteiger charge is 2.33. The topological polar surface area (TPSA) is 47.4 Å². The molecule has 1 fully saturated rings. The van der Waals surface area contributed by atoms with E-state index in [2.05, 4.69) is 17.2 Å². The van der Waals surface area contributed by atoms with Gasteiger partial charge in [0.05, 0.1) is 22.7 Å². The molecule has 0 radical (unpaired) electrons. The van der Waals surface area contributed by atoms with Crippen LogP contribution in [-0.4, -0.2) is 40.1 Å². The van der Waals surface area contributed by atoms with Crippen molar-refractivity contribution in [3.8, 4) is 5.75 Å². The van der Waals surface area contributed by atoms with Crippen molar-refractivity contribution < 1.29 is 9.53 Å². The van der Waals surface area contributed by atoms with Gasteiger partial charge < -0.3 is 14.2 Å². The fourth-order valence-corrected chi connectivity index (χ4v) is 4.08. The van der Waals surface area contributed by atoms with Gasteiger partial charge in [0.2, 0.25) is 5.91 Å². The molecule has 1 saturated heterocycles. The van der Waals surface area contributed by atoms with E-state index in [0.29, 0.717) is 36.9 Å². The number of carbonyl (C=O) groups is 1. The zero-order chi connectivity index (χ0) is 20.2. The summed E-state index contributed by atoms with van der Waals surface area (Å²) in [6, 6.07) is 15.6. The summed E-state index contributed by atoms with van der Waals surface area (Å²) in [7, 11) is 0. The van der Waals surface area contributed by atoms with Crippen LogP contribution in [0, 0.1) is 0 Å². The third-order valence-corrected chi connectivity index (χ3v) is 5.55. The maximum Gasteiger partial charge on any atom is 0.223 e. The lowest BCUT2D eigenvalue weighted by Crippen LogP contribution is -2.25. The van der Waals surface area contributed by atoms with Crippen LogP contribution >= 0.6 is 11.6 Å². The first-order valence-electron chi connectivity index (χ1n) is 9.88. The molecule has 2 aromatic carbocycles. The van der Waals surface area contributed by atoms with Crippen LogP contribution in [0.4, 0.5) is 0 Å². The molecule has 1 aliphatic heterocycles. The highest BCUT2D eigenvalue weighted by atomic mass is 35.5. The van der Waals surface area contributed by atoms with Crippen molar-refractivity contribution in [3.05, 3.63) is 72.0 Å². The Bertz CT molecular complexity index is 1030. The summed E-state index contributed by atoms with van der Waals surface area (Å²) in [5.41, 5.74) is 2.05. The lowest BCUT2D eigenvalue weighted by molar-refractivity contribution is -0.127. The van der Waals surface area contributed by atoms with Gasteiger partial charge in [0.25, 0.3) is 0 Å². The van der Waals surface area contributed by atoms with Gasteiger partial charge in [-0.3, -0.25) is 4.79 Å². The minimum absolute atomic E-state index is 0.0966. The van der Waals surface area contributed by atoms with Crippen LogP contribution in [0.25, 0.3) is 11.0 Å². The molecule has 0 unspecified atom stereocenters. The SMILES string of the molecule is C=CCN1C[C@@H](c2nc3ccccc3n2CCCOc2ccccc2Cl)CC1=O. The number of carbonyl (C=O) groups excluding carboxylic acids is 1. The molecule has 0 spiro atoms. The van der Waals surface area contributed by atoms with Crippen LogP contribution in [0.3, 0.4) is 0 Å². The molecule has 0 N–H and O–H groups in total. The van der Waals surface area contributed by atoms with E-state index in [0.717, 1.165) is 29.8 Å². The Morgan fingerprint density at radius 2 is 2.00 bits per heavy atom. The number of likely N-dealkylation sites (tertiary alicyclic amines) is 1. The fourth-order valence-electron chi connectivity index (χ4n) is 3.88. The average Bonchev–Trinajstić information content (AvgIpc) is 3.27. The summed E-state index contributed by atoms with van der Waals surface area (Å²) in [4.78, 5) is 19.1. The Balaban J connectivity index is 1.50. The molecule has 2 heterocycles. The Kier molecular flexibility index (Phi) is 5.86. The first-order valence-corrected chi connectivity index (χ1v) is 10.3. The summed E-state index contributed by atoms with van der Waals surface area (Å²) < 4.78 is 8.08. The number of fused-ring (bicyclic) bond motifs is 1. The number of benzene rings is 2. The Morgan fingerprint density at radius 1 is 1.21 bits per heavy atom. The van der Waals surface area contributed by atoms with Gasteiger partial charge >= 0.3 is 0 Å². The van der Waals surface area contributed by atoms with Crippen LogP contribution in [0.2, 0.25) is 5.02 Å². The molecule has 3 aromatic rings. The van der Waals surface area contributed by atoms with Crippen LogP contribution in [0.5, 0.6) is 5.75 Å². The largest absolute Gasteiger partial charge is 0.492 e. The first kappa shape index (κ1) is 19.5. The highest BCUT2D eigenvalue weighted by Crippen LogP contribution is 2.30. The number of aromatic nitrogens is 2. The van der Waals surface area contributed by atoms with Crippen LogP contribution in [0.1, 0.15) is 24.6 Å². The molecule has 0 bridgehead atoms. The highest BCUT2D eigenvalue weighted by molar-refractivity contribution is 6.32. The average molecular weight is 410 g/mol. The fraction of sp³-hybridized carbons (Fsp3) is 0.304. The van der Waals surface area contributed by atoms with Gasteiger partial charge in [0, 0.05) is 32.0 Å². The van der Waals surface area contributed by atoms with Crippen LogP contribution in [-0.2, 0) is 11.3 Å². The van der Waals surface area contributed by atoms with Gasteiger partial charge in [-0.05, 0) is 30.7 Å². The van der Waals surface area contributed by atoms with Crippen molar-refractivity contribution in [2.45, 2.75) is 25.3 Å². The molecular formula is C23H24ClN3O2. The number of nitrogens with zero attached hydrogens (tertiary/aromatic N) is 3. The quantitative estimate of drug-likeness (QED) is 0.401. The smallest absolute Gasteiger partial charge is 0.223 e. The van der Waals surface area contributed by atoms with Crippen molar-refractivity contribution in [2.24, 2.45) is 0 Å². The van der Waals surface area contributed by atoms with Crippen LogP contribution in [0.15, 0.2) is 61.2 Å². The molecule has 1 aliphatic rings. The van der Waals surface area contributed by atoms with E-state index < -0.39 is 0 Å². The zero-order valence-electron chi connectivity index (χ0n) is 16.3. The van der Waals surface area contributed by atoms with Gasteiger partial charge in [0.1, 0.15) is 11.6 Å². The number of rotatable bonds is 8. The number of hydrogen-bond donors (Lipinski definition) is 0. The molecule has 150 valence electrons. The Morgan fingerprint density at radius 3 is 2.83 bits per heavy atom. The van der Waals surface area contributed by atoms with Crippen molar-refractivity contribution in [1.82, 2.24) is 14.5 Å². The molecule has 4 rings (SSSR count). The van der Waals surface area contributed by atoms with Gasteiger partial charge in [-0.15, -0.1) is 6.58 Å². The standard InChI is InChI=1S/C23H24ClN3O2/c1-2-12-26-16-17(15-22(26)28)23-25-19-9-4-5-10-20(19)27(23)13-7-14-29-21-11-6-3-8-18(21)24/h2-6,8-11,17H,1,7,12-16H2/t17-/m0/s1. The number of ether oxygens (including phenoxy) is 1. The van der Waals surface area contributed by atoms with E-state index in [9.17, 15) is 4.79 Å². The second kappa shape index (κ2) is 8.70. The third-order valence-electron chi connectivity index (χ3n) is 5.23. The number of aryl methyl sites for hydroxylation is 1. The number of halogens is 1. The molecule has 0 aliphatic carbocycles.